The number of ether oxygens (including phenoxy) is 1. The largest absolute Gasteiger partial charge is 0.482 e. The summed E-state index contributed by atoms with van der Waals surface area (Å²) in [5.41, 5.74) is 2.20. The molecule has 2 aromatic rings. The number of carbonyl (C=O) groups excluding carboxylic acids is 1. The summed E-state index contributed by atoms with van der Waals surface area (Å²) < 4.78 is 5.34. The van der Waals surface area contributed by atoms with Gasteiger partial charge in [-0.15, -0.1) is 0 Å². The minimum Gasteiger partial charge on any atom is -0.482 e. The van der Waals surface area contributed by atoms with Gasteiger partial charge >= 0.3 is 0 Å². The number of hydrogen-bond acceptors (Lipinski definition) is 3. The van der Waals surface area contributed by atoms with E-state index in [1.165, 1.54) is 0 Å². The van der Waals surface area contributed by atoms with Crippen LogP contribution >= 0.6 is 0 Å². The average molecular weight is 255 g/mol. The number of rotatable bonds is 2. The molecule has 0 aliphatic carbocycles. The minimum absolute atomic E-state index is 0.0118. The molecule has 0 bridgehead atoms. The van der Waals surface area contributed by atoms with Gasteiger partial charge in [0, 0.05) is 0 Å². The predicted octanol–water partition coefficient (Wildman–Crippen LogP) is 2.10. The zero-order valence-corrected chi connectivity index (χ0v) is 10.2. The van der Waals surface area contributed by atoms with Gasteiger partial charge in [0.2, 0.25) is 0 Å². The van der Waals surface area contributed by atoms with E-state index in [2.05, 4.69) is 5.32 Å². The maximum absolute atomic E-state index is 11.2. The van der Waals surface area contributed by atoms with E-state index in [4.69, 9.17) is 4.74 Å². The van der Waals surface area contributed by atoms with Crippen molar-refractivity contribution in [2.75, 3.05) is 11.9 Å². The van der Waals surface area contributed by atoms with Gasteiger partial charge < -0.3 is 15.2 Å². The molecule has 1 amide bonds. The van der Waals surface area contributed by atoms with Gasteiger partial charge in [-0.05, 0) is 23.3 Å². The molecule has 0 radical (unpaired) electrons. The first kappa shape index (κ1) is 11.7. The first-order valence-electron chi connectivity index (χ1n) is 6.03. The summed E-state index contributed by atoms with van der Waals surface area (Å²) in [5.74, 6) is 0.427. The lowest BCUT2D eigenvalue weighted by atomic mass is 10.0. The first-order valence-corrected chi connectivity index (χ1v) is 6.03. The van der Waals surface area contributed by atoms with Gasteiger partial charge in [0.1, 0.15) is 11.9 Å². The molecule has 0 fully saturated rings. The van der Waals surface area contributed by atoms with Gasteiger partial charge in [-0.1, -0.05) is 36.4 Å². The third-order valence-corrected chi connectivity index (χ3v) is 3.07. The van der Waals surface area contributed by atoms with Crippen LogP contribution in [0.1, 0.15) is 17.2 Å². The fraction of sp³-hybridized carbons (Fsp3) is 0.133. The van der Waals surface area contributed by atoms with Crippen LogP contribution in [0.25, 0.3) is 0 Å². The second-order valence-corrected chi connectivity index (χ2v) is 4.41. The van der Waals surface area contributed by atoms with E-state index < -0.39 is 6.10 Å². The smallest absolute Gasteiger partial charge is 0.262 e. The molecule has 2 aromatic carbocycles. The molecule has 96 valence electrons. The standard InChI is InChI=1S/C15H13NO3/c17-14-9-19-13-8-11(6-7-12(13)16-14)15(18)10-4-2-1-3-5-10/h1-8,15,18H,9H2,(H,16,17). The molecule has 0 spiro atoms. The normalized spacial score (nSPS) is 15.1. The number of anilines is 1. The molecule has 1 heterocycles. The van der Waals surface area contributed by atoms with Gasteiger partial charge in [0.15, 0.2) is 6.61 Å². The fourth-order valence-electron chi connectivity index (χ4n) is 2.09. The lowest BCUT2D eigenvalue weighted by molar-refractivity contribution is -0.118. The second-order valence-electron chi connectivity index (χ2n) is 4.41. The molecule has 0 saturated heterocycles. The summed E-state index contributed by atoms with van der Waals surface area (Å²) in [6, 6.07) is 14.7. The zero-order valence-electron chi connectivity index (χ0n) is 10.2. The van der Waals surface area contributed by atoms with Gasteiger partial charge in [0.25, 0.3) is 5.91 Å². The number of hydrogen-bond donors (Lipinski definition) is 2. The molecular weight excluding hydrogens is 242 g/mol. The molecule has 0 saturated carbocycles. The van der Waals surface area contributed by atoms with Crippen LogP contribution in [0.5, 0.6) is 5.75 Å². The van der Waals surface area contributed by atoms with Crippen LogP contribution in [-0.2, 0) is 4.79 Å². The molecule has 3 rings (SSSR count). The number of benzene rings is 2. The molecule has 0 aromatic heterocycles. The third-order valence-electron chi connectivity index (χ3n) is 3.07. The summed E-state index contributed by atoms with van der Waals surface area (Å²) in [6.45, 7) is 0.0118. The lowest BCUT2D eigenvalue weighted by Gasteiger charge is -2.20. The average Bonchev–Trinajstić information content (AvgIpc) is 2.47. The number of aliphatic hydroxyl groups is 1. The maximum Gasteiger partial charge on any atom is 0.262 e. The van der Waals surface area contributed by atoms with Crippen molar-refractivity contribution < 1.29 is 14.6 Å². The van der Waals surface area contributed by atoms with E-state index >= 15 is 0 Å². The highest BCUT2D eigenvalue weighted by molar-refractivity contribution is 5.95. The van der Waals surface area contributed by atoms with Gasteiger partial charge in [0.05, 0.1) is 5.69 Å². The van der Waals surface area contributed by atoms with Crippen molar-refractivity contribution >= 4 is 11.6 Å². The fourth-order valence-corrected chi connectivity index (χ4v) is 2.09. The Hall–Kier alpha value is -2.33. The van der Waals surface area contributed by atoms with Crippen LogP contribution in [0.4, 0.5) is 5.69 Å². The predicted molar refractivity (Wildman–Crippen MR) is 71.1 cm³/mol. The first-order chi connectivity index (χ1) is 9.24. The number of fused-ring (bicyclic) bond motifs is 1. The maximum atomic E-state index is 11.2. The molecule has 4 heteroatoms. The number of carbonyl (C=O) groups is 1. The lowest BCUT2D eigenvalue weighted by Crippen LogP contribution is -2.25. The second kappa shape index (κ2) is 4.74. The van der Waals surface area contributed by atoms with E-state index in [0.29, 0.717) is 11.4 Å². The number of amides is 1. The molecule has 1 atom stereocenters. The van der Waals surface area contributed by atoms with Gasteiger partial charge in [-0.3, -0.25) is 4.79 Å². The summed E-state index contributed by atoms with van der Waals surface area (Å²) >= 11 is 0. The Labute approximate surface area is 110 Å². The number of aliphatic hydroxyl groups excluding tert-OH is 1. The molecule has 19 heavy (non-hydrogen) atoms. The third kappa shape index (κ3) is 2.30. The highest BCUT2D eigenvalue weighted by Crippen LogP contribution is 2.32. The van der Waals surface area contributed by atoms with Crippen molar-refractivity contribution in [3.8, 4) is 5.75 Å². The Morgan fingerprint density at radius 1 is 1.11 bits per heavy atom. The van der Waals surface area contributed by atoms with Crippen molar-refractivity contribution in [3.63, 3.8) is 0 Å². The monoisotopic (exact) mass is 255 g/mol. The zero-order chi connectivity index (χ0) is 13.2. The van der Waals surface area contributed by atoms with Gasteiger partial charge in [-0.2, -0.15) is 0 Å². The summed E-state index contributed by atoms with van der Waals surface area (Å²) in [5, 5.41) is 13.0. The molecule has 1 aliphatic heterocycles. The summed E-state index contributed by atoms with van der Waals surface area (Å²) in [4.78, 5) is 11.2. The van der Waals surface area contributed by atoms with Crippen LogP contribution < -0.4 is 10.1 Å². The number of nitrogens with one attached hydrogen (secondary N) is 1. The quantitative estimate of drug-likeness (QED) is 0.864. The molecule has 1 aliphatic rings. The molecule has 1 unspecified atom stereocenters. The van der Waals surface area contributed by atoms with Gasteiger partial charge in [-0.25, -0.2) is 0 Å². The molecule has 4 nitrogen and oxygen atoms in total. The van der Waals surface area contributed by atoms with Crippen LogP contribution in [0.2, 0.25) is 0 Å². The minimum atomic E-state index is -0.701. The topological polar surface area (TPSA) is 58.6 Å². The highest BCUT2D eigenvalue weighted by Gasteiger charge is 2.18. The summed E-state index contributed by atoms with van der Waals surface area (Å²) in [6.07, 6.45) is -0.701. The Morgan fingerprint density at radius 3 is 2.68 bits per heavy atom. The van der Waals surface area contributed by atoms with E-state index in [1.54, 1.807) is 18.2 Å². The van der Waals surface area contributed by atoms with Crippen LogP contribution in [-0.4, -0.2) is 17.6 Å². The molecular formula is C15H13NO3. The van der Waals surface area contributed by atoms with Crippen LogP contribution in [0, 0.1) is 0 Å². The van der Waals surface area contributed by atoms with E-state index in [1.807, 2.05) is 30.3 Å². The van der Waals surface area contributed by atoms with Crippen molar-refractivity contribution in [2.24, 2.45) is 0 Å². The van der Waals surface area contributed by atoms with E-state index in [9.17, 15) is 9.90 Å². The van der Waals surface area contributed by atoms with Crippen LogP contribution in [0.15, 0.2) is 48.5 Å². The van der Waals surface area contributed by atoms with Crippen LogP contribution in [0.3, 0.4) is 0 Å². The SMILES string of the molecule is O=C1COc2cc(C(O)c3ccccc3)ccc2N1. The van der Waals surface area contributed by atoms with Crippen molar-refractivity contribution in [3.05, 3.63) is 59.7 Å². The Balaban J connectivity index is 1.92. The highest BCUT2D eigenvalue weighted by atomic mass is 16.5. The van der Waals surface area contributed by atoms with E-state index in [0.717, 1.165) is 11.1 Å². The molecule has 2 N–H and O–H groups in total. The Bertz CT molecular complexity index is 610. The van der Waals surface area contributed by atoms with Crippen molar-refractivity contribution in [1.82, 2.24) is 0 Å². The van der Waals surface area contributed by atoms with Crippen molar-refractivity contribution in [1.29, 1.82) is 0 Å². The van der Waals surface area contributed by atoms with E-state index in [-0.39, 0.29) is 12.5 Å². The Morgan fingerprint density at radius 2 is 1.89 bits per heavy atom. The Kier molecular flexibility index (Phi) is 2.93. The van der Waals surface area contributed by atoms with Crippen molar-refractivity contribution in [2.45, 2.75) is 6.10 Å². The summed E-state index contributed by atoms with van der Waals surface area (Å²) in [7, 11) is 0.